The second kappa shape index (κ2) is 8.86. The Labute approximate surface area is 169 Å². The maximum atomic E-state index is 12.9. The summed E-state index contributed by atoms with van der Waals surface area (Å²) in [6.45, 7) is 5.06. The Bertz CT molecular complexity index is 875. The molecule has 0 aliphatic carbocycles. The van der Waals surface area contributed by atoms with Crippen LogP contribution in [-0.4, -0.2) is 36.8 Å². The number of carboxylic acids is 1. The zero-order valence-electron chi connectivity index (χ0n) is 16.6. The van der Waals surface area contributed by atoms with Gasteiger partial charge in [0.2, 0.25) is 5.91 Å². The van der Waals surface area contributed by atoms with Crippen LogP contribution in [0.1, 0.15) is 32.3 Å². The summed E-state index contributed by atoms with van der Waals surface area (Å²) in [5.74, 6) is 0.977. The number of fused-ring (bicyclic) bond motifs is 1. The second-order valence-corrected chi connectivity index (χ2v) is 7.31. The number of hydrogen-bond acceptors (Lipinski definition) is 5. The molecule has 29 heavy (non-hydrogen) atoms. The van der Waals surface area contributed by atoms with Crippen LogP contribution < -0.4 is 19.5 Å². The predicted octanol–water partition coefficient (Wildman–Crippen LogP) is 3.62. The van der Waals surface area contributed by atoms with Crippen molar-refractivity contribution in [3.63, 3.8) is 0 Å². The van der Waals surface area contributed by atoms with Gasteiger partial charge in [0.05, 0.1) is 12.0 Å². The lowest BCUT2D eigenvalue weighted by atomic mass is 9.83. The number of carbonyl (C=O) groups is 2. The molecule has 2 aromatic carbocycles. The summed E-state index contributed by atoms with van der Waals surface area (Å²) in [6, 6.07) is 12.5. The van der Waals surface area contributed by atoms with Gasteiger partial charge in [-0.25, -0.2) is 0 Å². The molecule has 1 amide bonds. The summed E-state index contributed by atoms with van der Waals surface area (Å²) in [5, 5.41) is 11.6. The van der Waals surface area contributed by atoms with E-state index in [2.05, 4.69) is 5.32 Å². The molecule has 0 saturated carbocycles. The minimum Gasteiger partial charge on any atom is -0.494 e. The molecule has 0 unspecified atom stereocenters. The van der Waals surface area contributed by atoms with Gasteiger partial charge in [-0.05, 0) is 62.2 Å². The average Bonchev–Trinajstić information content (AvgIpc) is 2.71. The van der Waals surface area contributed by atoms with Gasteiger partial charge in [-0.1, -0.05) is 6.07 Å². The predicted molar refractivity (Wildman–Crippen MR) is 108 cm³/mol. The van der Waals surface area contributed by atoms with Crippen LogP contribution in [0.5, 0.6) is 17.2 Å². The zero-order chi connectivity index (χ0) is 20.9. The summed E-state index contributed by atoms with van der Waals surface area (Å²) in [5.41, 5.74) is 0.707. The molecule has 0 aromatic heterocycles. The first-order valence-corrected chi connectivity index (χ1v) is 9.52. The molecule has 1 aliphatic heterocycles. The Balaban J connectivity index is 1.60. The van der Waals surface area contributed by atoms with Gasteiger partial charge < -0.3 is 24.6 Å². The highest BCUT2D eigenvalue weighted by Gasteiger charge is 2.31. The third kappa shape index (κ3) is 5.19. The number of carbonyl (C=O) groups excluding carboxylic acids is 1. The summed E-state index contributed by atoms with van der Waals surface area (Å²) in [4.78, 5) is 23.4. The average molecular weight is 399 g/mol. The van der Waals surface area contributed by atoms with Gasteiger partial charge >= 0.3 is 5.97 Å². The first-order valence-electron chi connectivity index (χ1n) is 9.52. The lowest BCUT2D eigenvalue weighted by molar-refractivity contribution is -0.137. The highest BCUT2D eigenvalue weighted by molar-refractivity contribution is 5.98. The van der Waals surface area contributed by atoms with Crippen molar-refractivity contribution in [3.8, 4) is 17.2 Å². The fourth-order valence-electron chi connectivity index (χ4n) is 2.90. The molecule has 154 valence electrons. The Morgan fingerprint density at radius 2 is 1.76 bits per heavy atom. The third-order valence-corrected chi connectivity index (χ3v) is 4.75. The lowest BCUT2D eigenvalue weighted by Crippen LogP contribution is -2.34. The molecule has 0 fully saturated rings. The molecule has 2 N–H and O–H groups in total. The molecule has 0 saturated heterocycles. The van der Waals surface area contributed by atoms with Crippen LogP contribution in [0.25, 0.3) is 0 Å². The fourth-order valence-corrected chi connectivity index (χ4v) is 2.90. The van der Waals surface area contributed by atoms with Crippen LogP contribution in [0.15, 0.2) is 42.5 Å². The number of anilines is 1. The molecule has 1 aliphatic rings. The van der Waals surface area contributed by atoms with E-state index in [9.17, 15) is 9.59 Å². The number of nitrogens with one attached hydrogen (secondary N) is 1. The van der Waals surface area contributed by atoms with Gasteiger partial charge in [0, 0.05) is 12.1 Å². The SMILES string of the molecule is CC(C)(C(=O)Nc1ccc(OCCCC(=O)O)cc1)c1ccc2c(c1)OCCO2. The normalized spacial score (nSPS) is 12.9. The molecule has 0 spiro atoms. The second-order valence-electron chi connectivity index (χ2n) is 7.31. The largest absolute Gasteiger partial charge is 0.494 e. The van der Waals surface area contributed by atoms with E-state index < -0.39 is 11.4 Å². The van der Waals surface area contributed by atoms with Gasteiger partial charge in [-0.2, -0.15) is 0 Å². The summed E-state index contributed by atoms with van der Waals surface area (Å²) in [6.07, 6.45) is 0.515. The van der Waals surface area contributed by atoms with Gasteiger partial charge in [0.1, 0.15) is 19.0 Å². The summed E-state index contributed by atoms with van der Waals surface area (Å²) < 4.78 is 16.7. The maximum absolute atomic E-state index is 12.9. The number of aliphatic carboxylic acids is 1. The Morgan fingerprint density at radius 3 is 2.45 bits per heavy atom. The van der Waals surface area contributed by atoms with Crippen LogP contribution in [0.2, 0.25) is 0 Å². The molecule has 2 aromatic rings. The van der Waals surface area contributed by atoms with E-state index in [1.807, 2.05) is 32.0 Å². The molecule has 0 radical (unpaired) electrons. The Hall–Kier alpha value is -3.22. The minimum atomic E-state index is -0.840. The van der Waals surface area contributed by atoms with E-state index in [-0.39, 0.29) is 12.3 Å². The maximum Gasteiger partial charge on any atom is 0.303 e. The molecule has 3 rings (SSSR count). The van der Waals surface area contributed by atoms with Crippen LogP contribution in [-0.2, 0) is 15.0 Å². The number of ether oxygens (including phenoxy) is 3. The van der Waals surface area contributed by atoms with Crippen LogP contribution >= 0.6 is 0 Å². The van der Waals surface area contributed by atoms with Crippen molar-refractivity contribution >= 4 is 17.6 Å². The smallest absolute Gasteiger partial charge is 0.303 e. The molecule has 7 nitrogen and oxygen atoms in total. The Kier molecular flexibility index (Phi) is 6.26. The molecule has 1 heterocycles. The number of rotatable bonds is 8. The molecule has 0 atom stereocenters. The molecule has 7 heteroatoms. The highest BCUT2D eigenvalue weighted by atomic mass is 16.6. The van der Waals surface area contributed by atoms with Crippen molar-refractivity contribution in [1.29, 1.82) is 0 Å². The quantitative estimate of drug-likeness (QED) is 0.659. The summed E-state index contributed by atoms with van der Waals surface area (Å²) in [7, 11) is 0. The highest BCUT2D eigenvalue weighted by Crippen LogP contribution is 2.35. The van der Waals surface area contributed by atoms with Crippen molar-refractivity contribution in [3.05, 3.63) is 48.0 Å². The van der Waals surface area contributed by atoms with Gasteiger partial charge in [0.15, 0.2) is 11.5 Å². The molecular formula is C22H25NO6. The van der Waals surface area contributed by atoms with Crippen molar-refractivity contribution in [2.75, 3.05) is 25.1 Å². The van der Waals surface area contributed by atoms with E-state index in [1.165, 1.54) is 0 Å². The van der Waals surface area contributed by atoms with Crippen molar-refractivity contribution in [1.82, 2.24) is 0 Å². The van der Waals surface area contributed by atoms with Crippen molar-refractivity contribution in [2.24, 2.45) is 0 Å². The van der Waals surface area contributed by atoms with E-state index in [1.54, 1.807) is 24.3 Å². The first kappa shape index (κ1) is 20.5. The Morgan fingerprint density at radius 1 is 1.07 bits per heavy atom. The van der Waals surface area contributed by atoms with E-state index >= 15 is 0 Å². The minimum absolute atomic E-state index is 0.0725. The molecule has 0 bridgehead atoms. The third-order valence-electron chi connectivity index (χ3n) is 4.75. The number of amides is 1. The number of benzene rings is 2. The first-order chi connectivity index (χ1) is 13.9. The van der Waals surface area contributed by atoms with Crippen LogP contribution in [0, 0.1) is 0 Å². The van der Waals surface area contributed by atoms with Gasteiger partial charge in [0.25, 0.3) is 0 Å². The number of hydrogen-bond donors (Lipinski definition) is 2. The standard InChI is InChI=1S/C22H25NO6/c1-22(2,15-5-10-18-19(14-15)29-13-12-28-18)21(26)23-16-6-8-17(9-7-16)27-11-3-4-20(24)25/h5-10,14H,3-4,11-13H2,1-2H3,(H,23,26)(H,24,25). The van der Waals surface area contributed by atoms with Gasteiger partial charge in [-0.3, -0.25) is 9.59 Å². The van der Waals surface area contributed by atoms with Crippen LogP contribution in [0.4, 0.5) is 5.69 Å². The topological polar surface area (TPSA) is 94.1 Å². The van der Waals surface area contributed by atoms with Crippen molar-refractivity contribution in [2.45, 2.75) is 32.1 Å². The zero-order valence-corrected chi connectivity index (χ0v) is 16.6. The van der Waals surface area contributed by atoms with E-state index in [0.29, 0.717) is 49.2 Å². The van der Waals surface area contributed by atoms with E-state index in [4.69, 9.17) is 19.3 Å². The molecular weight excluding hydrogens is 374 g/mol. The number of carboxylic acid groups (broad SMARTS) is 1. The lowest BCUT2D eigenvalue weighted by Gasteiger charge is -2.26. The monoisotopic (exact) mass is 399 g/mol. The summed E-state index contributed by atoms with van der Waals surface area (Å²) >= 11 is 0. The van der Waals surface area contributed by atoms with Crippen molar-refractivity contribution < 1.29 is 28.9 Å². The van der Waals surface area contributed by atoms with Crippen LogP contribution in [0.3, 0.4) is 0 Å². The fraction of sp³-hybridized carbons (Fsp3) is 0.364. The van der Waals surface area contributed by atoms with Gasteiger partial charge in [-0.15, -0.1) is 0 Å². The van der Waals surface area contributed by atoms with E-state index in [0.717, 1.165) is 5.56 Å².